The number of aliphatic hydroxyl groups is 20. The van der Waals surface area contributed by atoms with Gasteiger partial charge >= 0.3 is 303 Å². The van der Waals surface area contributed by atoms with Crippen molar-refractivity contribution in [3.8, 4) is 5.75 Å². The Morgan fingerprint density at radius 1 is 0.282 bits per heavy atom. The van der Waals surface area contributed by atoms with Gasteiger partial charge in [0.25, 0.3) is 0 Å². The van der Waals surface area contributed by atoms with Crippen molar-refractivity contribution < 1.29 is 173 Å². The molecule has 21 heterocycles. The van der Waals surface area contributed by atoms with Gasteiger partial charge in [-0.05, 0) is 0 Å². The van der Waals surface area contributed by atoms with E-state index in [-0.39, 0.29) is 4.47 Å². The standard InChI is InChI=1S/C49H76O35Te/c1-70-13-2-4-14(5-3-13)85-12-21-42-28(62)35(69)49(77-21)83-41-20(11-55)75-47(33(67)26(41)60)81-39-18(9-53)73-45(31(65)24(39)58)79-37-16(7-51)71-43(29(63)22(37)56)78-36-15(6-50)72-44(30(64)23(36)57)80-38-17(8-52)74-46(32(66)25(38)59)82-40-19(10-54)76-48(84-42)34(68)27(40)61/h2-5,15-69H,6-12H2,1H3/t15-,16-,17-,18-,19-,20-,21-,22-,23-,24-,25-,26-,27-,28-,29-,30-,31-,32-,33-,34-,35-,36-,37-,38-,39-,40-,41-,42-,43-,44-,45-,46-,47-,48-,49-/m1/s1. The first-order chi connectivity index (χ1) is 40.6. The molecule has 35 atom stereocenters. The Balaban J connectivity index is 1.02. The van der Waals surface area contributed by atoms with Crippen LogP contribution >= 0.6 is 0 Å². The average molecular weight is 1350 g/mol. The molecular weight excluding hydrogens is 1280 g/mol. The number of rotatable bonds is 10. The van der Waals surface area contributed by atoms with Gasteiger partial charge in [0.2, 0.25) is 0 Å². The molecule has 0 aromatic heterocycles. The quantitative estimate of drug-likeness (QED) is 0.0967. The van der Waals surface area contributed by atoms with Crippen LogP contribution < -0.4 is 8.35 Å². The van der Waals surface area contributed by atoms with Crippen molar-refractivity contribution in [2.75, 3.05) is 46.8 Å². The predicted octanol–water partition coefficient (Wildman–Crippen LogP) is -13.8. The van der Waals surface area contributed by atoms with Gasteiger partial charge in [-0.2, -0.15) is 0 Å². The normalized spacial score (nSPS) is 51.2. The summed E-state index contributed by atoms with van der Waals surface area (Å²) in [6.45, 7) is -6.19. The van der Waals surface area contributed by atoms with E-state index < -0.39 is 276 Å². The van der Waals surface area contributed by atoms with E-state index in [9.17, 15) is 102 Å². The monoisotopic (exact) mass is 1350 g/mol. The molecule has 20 N–H and O–H groups in total. The van der Waals surface area contributed by atoms with Crippen LogP contribution in [-0.4, -0.2) is 385 Å². The van der Waals surface area contributed by atoms with Crippen molar-refractivity contribution in [3.63, 3.8) is 0 Å². The molecule has 36 heteroatoms. The molecule has 488 valence electrons. The first-order valence-corrected chi connectivity index (χ1v) is 30.0. The summed E-state index contributed by atoms with van der Waals surface area (Å²) in [6.07, 6.45) is -68.9. The summed E-state index contributed by atoms with van der Waals surface area (Å²) in [7, 11) is 1.47. The molecule has 22 rings (SSSR count). The van der Waals surface area contributed by atoms with E-state index in [0.717, 1.165) is 3.61 Å². The van der Waals surface area contributed by atoms with E-state index in [1.807, 2.05) is 0 Å². The van der Waals surface area contributed by atoms with Crippen molar-refractivity contribution in [2.45, 2.75) is 219 Å². The molecule has 0 aliphatic carbocycles. The van der Waals surface area contributed by atoms with Crippen LogP contribution in [0.4, 0.5) is 0 Å². The van der Waals surface area contributed by atoms with Crippen LogP contribution in [-0.2, 0) is 66.3 Å². The summed E-state index contributed by atoms with van der Waals surface area (Å²) in [5, 5.41) is 224. The maximum atomic E-state index is 11.9. The van der Waals surface area contributed by atoms with E-state index in [1.54, 1.807) is 24.3 Å². The predicted molar refractivity (Wildman–Crippen MR) is 265 cm³/mol. The Morgan fingerprint density at radius 2 is 0.471 bits per heavy atom. The zero-order valence-corrected chi connectivity index (χ0v) is 47.3. The molecule has 0 amide bonds. The third-order valence-electron chi connectivity index (χ3n) is 16.1. The fourth-order valence-electron chi connectivity index (χ4n) is 11.3. The van der Waals surface area contributed by atoms with E-state index >= 15 is 0 Å². The summed E-state index contributed by atoms with van der Waals surface area (Å²) in [6, 6.07) is 6.89. The van der Waals surface area contributed by atoms with Crippen molar-refractivity contribution in [3.05, 3.63) is 24.3 Å². The summed E-state index contributed by atoms with van der Waals surface area (Å²) in [5.41, 5.74) is 0. The Bertz CT molecular complexity index is 2200. The van der Waals surface area contributed by atoms with Gasteiger partial charge in [0.05, 0.1) is 26.4 Å². The van der Waals surface area contributed by atoms with Gasteiger partial charge in [-0.15, -0.1) is 0 Å². The topological polar surface area (TPSA) is 543 Å². The zero-order chi connectivity index (χ0) is 61.5. The fraction of sp³-hybridized carbons (Fsp3) is 0.878. The minimum absolute atomic E-state index is 0.0340. The summed E-state index contributed by atoms with van der Waals surface area (Å²) < 4.78 is 87.8. The Labute approximate surface area is 492 Å². The molecule has 1 aromatic carbocycles. The third-order valence-corrected chi connectivity index (χ3v) is 19.2. The first kappa shape index (κ1) is 67.8. The van der Waals surface area contributed by atoms with Crippen LogP contribution in [0.3, 0.4) is 0 Å². The van der Waals surface area contributed by atoms with Crippen molar-refractivity contribution in [1.82, 2.24) is 0 Å². The van der Waals surface area contributed by atoms with Crippen LogP contribution in [0.25, 0.3) is 0 Å². The molecule has 0 unspecified atom stereocenters. The molecule has 35 nitrogen and oxygen atoms in total. The Hall–Kier alpha value is -1.55. The molecule has 14 bridgehead atoms. The molecule has 0 saturated carbocycles. The second kappa shape index (κ2) is 29.4. The fourth-order valence-corrected chi connectivity index (χ4v) is 14.0. The van der Waals surface area contributed by atoms with Crippen LogP contribution in [0.15, 0.2) is 24.3 Å². The summed E-state index contributed by atoms with van der Waals surface area (Å²) in [5.74, 6) is 0.533. The van der Waals surface area contributed by atoms with Gasteiger partial charge in [-0.25, -0.2) is 0 Å². The van der Waals surface area contributed by atoms with Crippen molar-refractivity contribution >= 4 is 24.5 Å². The SMILES string of the molecule is COc1ccc([Te]C[C@H]2O[C@@H]3O[C@H]4[C@H](O)[C@@H](O)[C@@H](O[C@H]5[C@H](O)[C@@H](O)[C@@H](O[C@H]6[C@H](O)[C@@H](O)[C@@H](O[C@H]7[C@H](O)[C@@H](O)[C@@H](O[C@H]8[C@H](O)[C@@H](O)[C@@H](O[C@H]9[C@H](O)[C@@H](O)[C@@H](O[C@H]2[C@H](O)[C@H]3O)O[C@@H]9CO)O[C@@H]8CO)O[C@@H]7CO)O[C@@H]6CO)O[C@@H]5CO)O[C@@H]4CO)cc1. The van der Waals surface area contributed by atoms with Crippen molar-refractivity contribution in [2.24, 2.45) is 0 Å². The van der Waals surface area contributed by atoms with Crippen LogP contribution in [0, 0.1) is 0 Å². The Kier molecular flexibility index (Phi) is 23.4. The van der Waals surface area contributed by atoms with E-state index in [4.69, 9.17) is 71.1 Å². The number of hydrogen-bond acceptors (Lipinski definition) is 35. The number of methoxy groups -OCH3 is 1. The average Bonchev–Trinajstić information content (AvgIpc) is 2.71. The van der Waals surface area contributed by atoms with Gasteiger partial charge in [-0.3, -0.25) is 0 Å². The van der Waals surface area contributed by atoms with E-state index in [1.165, 1.54) is 7.11 Å². The second-order valence-electron chi connectivity index (χ2n) is 21.5. The van der Waals surface area contributed by atoms with E-state index in [0.29, 0.717) is 5.75 Å². The van der Waals surface area contributed by atoms with Gasteiger partial charge in [-0.1, -0.05) is 0 Å². The Morgan fingerprint density at radius 3 is 0.659 bits per heavy atom. The molecule has 0 radical (unpaired) electrons. The maximum absolute atomic E-state index is 11.9. The number of aliphatic hydroxyl groups excluding tert-OH is 20. The molecule has 21 saturated heterocycles. The molecule has 21 aliphatic heterocycles. The molecule has 85 heavy (non-hydrogen) atoms. The van der Waals surface area contributed by atoms with Crippen LogP contribution in [0.2, 0.25) is 4.47 Å². The molecule has 0 spiro atoms. The van der Waals surface area contributed by atoms with Crippen molar-refractivity contribution in [1.29, 1.82) is 0 Å². The number of ether oxygens (including phenoxy) is 15. The number of hydrogen-bond donors (Lipinski definition) is 20. The molecule has 1 aromatic rings. The number of benzene rings is 1. The van der Waals surface area contributed by atoms with Crippen LogP contribution in [0.5, 0.6) is 5.75 Å². The molecular formula is C49H76O35Te. The third kappa shape index (κ3) is 14.0. The first-order valence-electron chi connectivity index (χ1n) is 27.2. The minimum atomic E-state index is -2.21. The molecule has 21 fully saturated rings. The second-order valence-corrected chi connectivity index (χ2v) is 24.6. The van der Waals surface area contributed by atoms with Crippen LogP contribution in [0.1, 0.15) is 0 Å². The van der Waals surface area contributed by atoms with E-state index in [2.05, 4.69) is 0 Å². The van der Waals surface area contributed by atoms with Gasteiger partial charge in [0, 0.05) is 0 Å². The zero-order valence-electron chi connectivity index (χ0n) is 44.9. The summed E-state index contributed by atoms with van der Waals surface area (Å²) in [4.78, 5) is 0. The summed E-state index contributed by atoms with van der Waals surface area (Å²) >= 11 is -1.36. The molecule has 21 aliphatic rings. The van der Waals surface area contributed by atoms with Gasteiger partial charge in [0.1, 0.15) is 61.0 Å². The van der Waals surface area contributed by atoms with Gasteiger partial charge < -0.3 is 84.6 Å². The van der Waals surface area contributed by atoms with Gasteiger partial charge in [0.15, 0.2) is 18.9 Å².